The predicted octanol–water partition coefficient (Wildman–Crippen LogP) is 5.94. The molecule has 1 aliphatic rings. The molecule has 1 fully saturated rings. The topological polar surface area (TPSA) is 139 Å². The number of alkyl halides is 2. The summed E-state index contributed by atoms with van der Waals surface area (Å²) in [6.07, 6.45) is 1.88. The molecule has 1 saturated carbocycles. The molecule has 41 heavy (non-hydrogen) atoms. The number of hydrogen-bond acceptors (Lipinski definition) is 8. The maximum absolute atomic E-state index is 13.4. The first-order chi connectivity index (χ1) is 19.4. The standard InChI is InChI=1S/C29H34F2N4O6/c1-16-5-9-19(33-13-16)14-34-25(36)23-24(22(40-28(32)37)12-29(2,3)4)41-26(35-23)18-8-10-20(39-27(30)31)21(11-18)38-15-17-6-7-17/h5,8-11,13,17,22,27H,6-7,12,14-15H2,1-4H3,(H2,32,37)(H,34,36). The number of aryl methyl sites for hydroxylation is 1. The number of hydrogen-bond donors (Lipinski definition) is 2. The van der Waals surface area contributed by atoms with Gasteiger partial charge in [-0.25, -0.2) is 9.78 Å². The Hall–Kier alpha value is -4.22. The number of amides is 2. The highest BCUT2D eigenvalue weighted by Crippen LogP contribution is 2.39. The van der Waals surface area contributed by atoms with Crippen LogP contribution in [-0.4, -0.2) is 35.2 Å². The SMILES string of the molecule is Cc1ccc(CNC(=O)c2nc(-c3ccc(OC(F)F)c(OCC4CC4)c3)oc2C(CC(C)(C)C)OC(N)=O)nc1. The largest absolute Gasteiger partial charge is 0.489 e. The maximum atomic E-state index is 13.4. The summed E-state index contributed by atoms with van der Waals surface area (Å²) in [6, 6.07) is 7.90. The number of nitrogens with zero attached hydrogens (tertiary/aromatic N) is 2. The lowest BCUT2D eigenvalue weighted by molar-refractivity contribution is -0.0515. The molecule has 0 bridgehead atoms. The Bertz CT molecular complexity index is 1370. The van der Waals surface area contributed by atoms with E-state index in [2.05, 4.69) is 20.0 Å². The van der Waals surface area contributed by atoms with Crippen molar-refractivity contribution in [3.8, 4) is 23.0 Å². The normalized spacial score (nSPS) is 14.0. The third kappa shape index (κ3) is 8.63. The summed E-state index contributed by atoms with van der Waals surface area (Å²) in [7, 11) is 0. The van der Waals surface area contributed by atoms with Crippen LogP contribution >= 0.6 is 0 Å². The fraction of sp³-hybridized carbons (Fsp3) is 0.448. The molecule has 12 heteroatoms. The number of oxazole rings is 1. The van der Waals surface area contributed by atoms with Crippen molar-refractivity contribution in [2.75, 3.05) is 6.61 Å². The quantitative estimate of drug-likeness (QED) is 0.272. The molecule has 3 N–H and O–H groups in total. The van der Waals surface area contributed by atoms with Gasteiger partial charge < -0.3 is 29.7 Å². The third-order valence-electron chi connectivity index (χ3n) is 6.20. The fourth-order valence-electron chi connectivity index (χ4n) is 4.02. The first-order valence-electron chi connectivity index (χ1n) is 13.3. The van der Waals surface area contributed by atoms with Gasteiger partial charge in [-0.1, -0.05) is 26.8 Å². The van der Waals surface area contributed by atoms with Crippen molar-refractivity contribution in [1.82, 2.24) is 15.3 Å². The Morgan fingerprint density at radius 2 is 1.93 bits per heavy atom. The molecule has 0 aliphatic heterocycles. The second-order valence-electron chi connectivity index (χ2n) is 11.2. The van der Waals surface area contributed by atoms with Gasteiger partial charge in [-0.15, -0.1) is 0 Å². The average Bonchev–Trinajstić information content (AvgIpc) is 3.61. The van der Waals surface area contributed by atoms with Gasteiger partial charge in [-0.3, -0.25) is 9.78 Å². The number of pyridine rings is 1. The van der Waals surface area contributed by atoms with E-state index in [1.165, 1.54) is 18.2 Å². The van der Waals surface area contributed by atoms with Crippen LogP contribution in [-0.2, 0) is 11.3 Å². The first-order valence-corrected chi connectivity index (χ1v) is 13.3. The number of ether oxygens (including phenoxy) is 3. The summed E-state index contributed by atoms with van der Waals surface area (Å²) in [5, 5.41) is 2.77. The van der Waals surface area contributed by atoms with E-state index in [9.17, 15) is 18.4 Å². The van der Waals surface area contributed by atoms with Crippen molar-refractivity contribution in [1.29, 1.82) is 0 Å². The molecule has 3 aromatic rings. The summed E-state index contributed by atoms with van der Waals surface area (Å²) in [4.78, 5) is 33.9. The van der Waals surface area contributed by atoms with Gasteiger partial charge >= 0.3 is 12.7 Å². The molecule has 1 unspecified atom stereocenters. The molecular formula is C29H34F2N4O6. The van der Waals surface area contributed by atoms with Crippen LogP contribution in [0.5, 0.6) is 11.5 Å². The third-order valence-corrected chi connectivity index (χ3v) is 6.20. The predicted molar refractivity (Wildman–Crippen MR) is 144 cm³/mol. The van der Waals surface area contributed by atoms with Crippen molar-refractivity contribution in [3.05, 3.63) is 59.2 Å². The minimum atomic E-state index is -3.04. The molecule has 2 amide bonds. The number of primary amides is 1. The maximum Gasteiger partial charge on any atom is 0.405 e. The van der Waals surface area contributed by atoms with Crippen LogP contribution in [0.25, 0.3) is 11.5 Å². The number of nitrogens with two attached hydrogens (primary N) is 1. The van der Waals surface area contributed by atoms with Crippen LogP contribution in [0.1, 0.15) is 73.6 Å². The number of rotatable bonds is 12. The molecule has 4 rings (SSSR count). The molecule has 1 atom stereocenters. The van der Waals surface area contributed by atoms with Crippen LogP contribution in [0.15, 0.2) is 40.9 Å². The van der Waals surface area contributed by atoms with Crippen LogP contribution in [0, 0.1) is 18.3 Å². The molecule has 10 nitrogen and oxygen atoms in total. The minimum absolute atomic E-state index is 0.00329. The second kappa shape index (κ2) is 12.5. The molecule has 220 valence electrons. The molecule has 1 aromatic carbocycles. The lowest BCUT2D eigenvalue weighted by Gasteiger charge is -2.24. The molecule has 1 aliphatic carbocycles. The van der Waals surface area contributed by atoms with Crippen LogP contribution in [0.2, 0.25) is 0 Å². The molecule has 0 saturated heterocycles. The van der Waals surface area contributed by atoms with E-state index in [1.54, 1.807) is 12.3 Å². The monoisotopic (exact) mass is 572 g/mol. The minimum Gasteiger partial charge on any atom is -0.489 e. The van der Waals surface area contributed by atoms with Crippen molar-refractivity contribution in [2.24, 2.45) is 17.1 Å². The van der Waals surface area contributed by atoms with E-state index < -0.39 is 24.7 Å². The summed E-state index contributed by atoms with van der Waals surface area (Å²) < 4.78 is 47.8. The Kier molecular flexibility index (Phi) is 9.09. The second-order valence-corrected chi connectivity index (χ2v) is 11.2. The van der Waals surface area contributed by atoms with Crippen LogP contribution in [0.4, 0.5) is 13.6 Å². The van der Waals surface area contributed by atoms with E-state index in [4.69, 9.17) is 19.6 Å². The average molecular weight is 573 g/mol. The molecule has 2 aromatic heterocycles. The molecule has 0 spiro atoms. The molecule has 0 radical (unpaired) electrons. The van der Waals surface area contributed by atoms with E-state index in [0.717, 1.165) is 18.4 Å². The Morgan fingerprint density at radius 1 is 1.17 bits per heavy atom. The highest BCUT2D eigenvalue weighted by atomic mass is 19.3. The van der Waals surface area contributed by atoms with Crippen molar-refractivity contribution in [2.45, 2.75) is 66.2 Å². The summed E-state index contributed by atoms with van der Waals surface area (Å²) in [6.45, 7) is 5.10. The lowest BCUT2D eigenvalue weighted by atomic mass is 9.88. The van der Waals surface area contributed by atoms with E-state index in [1.807, 2.05) is 33.8 Å². The van der Waals surface area contributed by atoms with Gasteiger partial charge in [0.15, 0.2) is 29.1 Å². The van der Waals surface area contributed by atoms with Gasteiger partial charge in [0, 0.05) is 11.8 Å². The van der Waals surface area contributed by atoms with Crippen molar-refractivity contribution < 1.29 is 37.0 Å². The van der Waals surface area contributed by atoms with E-state index >= 15 is 0 Å². The highest BCUT2D eigenvalue weighted by Gasteiger charge is 2.33. The zero-order valence-corrected chi connectivity index (χ0v) is 23.4. The summed E-state index contributed by atoms with van der Waals surface area (Å²) >= 11 is 0. The van der Waals surface area contributed by atoms with E-state index in [-0.39, 0.29) is 47.2 Å². The summed E-state index contributed by atoms with van der Waals surface area (Å²) in [5.41, 5.74) is 6.82. The van der Waals surface area contributed by atoms with Gasteiger partial charge in [0.1, 0.15) is 0 Å². The van der Waals surface area contributed by atoms with Gasteiger partial charge in [-0.05, 0) is 67.3 Å². The summed E-state index contributed by atoms with van der Waals surface area (Å²) in [5.74, 6) is -0.295. The Balaban J connectivity index is 1.71. The highest BCUT2D eigenvalue weighted by molar-refractivity contribution is 5.94. The first kappa shape index (κ1) is 29.8. The number of halogens is 2. The molecule has 2 heterocycles. The van der Waals surface area contributed by atoms with Gasteiger partial charge in [0.2, 0.25) is 5.89 Å². The fourth-order valence-corrected chi connectivity index (χ4v) is 4.02. The van der Waals surface area contributed by atoms with E-state index in [0.29, 0.717) is 23.8 Å². The number of benzene rings is 1. The van der Waals surface area contributed by atoms with Crippen molar-refractivity contribution in [3.63, 3.8) is 0 Å². The van der Waals surface area contributed by atoms with Gasteiger partial charge in [-0.2, -0.15) is 8.78 Å². The number of carbonyl (C=O) groups is 2. The number of aromatic nitrogens is 2. The zero-order valence-electron chi connectivity index (χ0n) is 23.4. The smallest absolute Gasteiger partial charge is 0.405 e. The number of carbonyl (C=O) groups excluding carboxylic acids is 2. The molecular weight excluding hydrogens is 538 g/mol. The van der Waals surface area contributed by atoms with Crippen molar-refractivity contribution >= 4 is 12.0 Å². The van der Waals surface area contributed by atoms with Gasteiger partial charge in [0.05, 0.1) is 18.8 Å². The lowest BCUT2D eigenvalue weighted by Crippen LogP contribution is -2.27. The Morgan fingerprint density at radius 3 is 2.54 bits per heavy atom. The zero-order chi connectivity index (χ0) is 29.7. The Labute approximate surface area is 236 Å². The van der Waals surface area contributed by atoms with Gasteiger partial charge in [0.25, 0.3) is 5.91 Å². The van der Waals surface area contributed by atoms with Crippen LogP contribution in [0.3, 0.4) is 0 Å². The van der Waals surface area contributed by atoms with Crippen LogP contribution < -0.4 is 20.5 Å². The number of nitrogens with one attached hydrogen (secondary N) is 1.